The molecule has 0 saturated heterocycles. The van der Waals surface area contributed by atoms with Crippen LogP contribution >= 0.6 is 0 Å². The Labute approximate surface area is 108 Å². The van der Waals surface area contributed by atoms with Crippen molar-refractivity contribution in [3.63, 3.8) is 0 Å². The summed E-state index contributed by atoms with van der Waals surface area (Å²) in [6, 6.07) is 5.56. The molecular weight excluding hydrogens is 255 g/mol. The fourth-order valence-corrected chi connectivity index (χ4v) is 2.07. The van der Waals surface area contributed by atoms with Gasteiger partial charge in [-0.25, -0.2) is 4.68 Å². The standard InChI is InChI=1S/C13H12F3N3/c14-13(15,16)11-4-2-1-3-10(11)7-19-8-12(17-18-19)9-5-6-9/h1-4,8-9H,5-7H2. The number of rotatable bonds is 3. The van der Waals surface area contributed by atoms with Crippen LogP contribution in [0.4, 0.5) is 13.2 Å². The summed E-state index contributed by atoms with van der Waals surface area (Å²) in [6.45, 7) is 0.0927. The molecule has 0 bridgehead atoms. The van der Waals surface area contributed by atoms with Crippen LogP contribution in [0.15, 0.2) is 30.5 Å². The van der Waals surface area contributed by atoms with Gasteiger partial charge in [0.1, 0.15) is 0 Å². The molecule has 0 amide bonds. The van der Waals surface area contributed by atoms with Gasteiger partial charge < -0.3 is 0 Å². The van der Waals surface area contributed by atoms with Crippen LogP contribution in [0, 0.1) is 0 Å². The Morgan fingerprint density at radius 2 is 1.95 bits per heavy atom. The van der Waals surface area contributed by atoms with Crippen LogP contribution in [0.5, 0.6) is 0 Å². The van der Waals surface area contributed by atoms with E-state index in [4.69, 9.17) is 0 Å². The lowest BCUT2D eigenvalue weighted by Gasteiger charge is -2.12. The Bertz CT molecular complexity index is 585. The summed E-state index contributed by atoms with van der Waals surface area (Å²) in [5.74, 6) is 0.451. The molecule has 19 heavy (non-hydrogen) atoms. The Morgan fingerprint density at radius 1 is 1.21 bits per heavy atom. The van der Waals surface area contributed by atoms with E-state index in [1.165, 1.54) is 16.8 Å². The Balaban J connectivity index is 1.85. The van der Waals surface area contributed by atoms with Crippen LogP contribution in [0.25, 0.3) is 0 Å². The van der Waals surface area contributed by atoms with Crippen molar-refractivity contribution < 1.29 is 13.2 Å². The zero-order chi connectivity index (χ0) is 13.5. The van der Waals surface area contributed by atoms with Gasteiger partial charge in [-0.1, -0.05) is 23.4 Å². The number of hydrogen-bond acceptors (Lipinski definition) is 2. The van der Waals surface area contributed by atoms with Crippen molar-refractivity contribution in [1.29, 1.82) is 0 Å². The largest absolute Gasteiger partial charge is 0.416 e. The van der Waals surface area contributed by atoms with Crippen molar-refractivity contribution in [2.75, 3.05) is 0 Å². The van der Waals surface area contributed by atoms with Crippen molar-refractivity contribution in [3.8, 4) is 0 Å². The minimum absolute atomic E-state index is 0.0927. The molecule has 100 valence electrons. The Hall–Kier alpha value is -1.85. The highest BCUT2D eigenvalue weighted by Crippen LogP contribution is 2.38. The Morgan fingerprint density at radius 3 is 2.63 bits per heavy atom. The summed E-state index contributed by atoms with van der Waals surface area (Å²) < 4.78 is 40.0. The van der Waals surface area contributed by atoms with Gasteiger partial charge in [0.05, 0.1) is 17.8 Å². The second kappa shape index (κ2) is 4.36. The van der Waals surface area contributed by atoms with E-state index >= 15 is 0 Å². The third-order valence-corrected chi connectivity index (χ3v) is 3.21. The first-order valence-corrected chi connectivity index (χ1v) is 6.09. The van der Waals surface area contributed by atoms with Gasteiger partial charge in [-0.2, -0.15) is 13.2 Å². The first kappa shape index (κ1) is 12.2. The fourth-order valence-electron chi connectivity index (χ4n) is 2.07. The van der Waals surface area contributed by atoms with Gasteiger partial charge in [0, 0.05) is 12.1 Å². The number of aromatic nitrogens is 3. The average molecular weight is 267 g/mol. The normalized spacial score (nSPS) is 15.7. The van der Waals surface area contributed by atoms with Gasteiger partial charge in [0.15, 0.2) is 0 Å². The molecule has 0 aliphatic heterocycles. The quantitative estimate of drug-likeness (QED) is 0.854. The van der Waals surface area contributed by atoms with Crippen LogP contribution in [0.2, 0.25) is 0 Å². The smallest absolute Gasteiger partial charge is 0.248 e. The molecule has 0 unspecified atom stereocenters. The van der Waals surface area contributed by atoms with E-state index in [2.05, 4.69) is 10.3 Å². The monoisotopic (exact) mass is 267 g/mol. The number of hydrogen-bond donors (Lipinski definition) is 0. The molecule has 1 saturated carbocycles. The molecule has 1 aromatic carbocycles. The predicted octanol–water partition coefficient (Wildman–Crippen LogP) is 3.22. The van der Waals surface area contributed by atoms with Crippen molar-refractivity contribution >= 4 is 0 Å². The molecule has 3 nitrogen and oxygen atoms in total. The molecule has 0 spiro atoms. The third-order valence-electron chi connectivity index (χ3n) is 3.21. The zero-order valence-electron chi connectivity index (χ0n) is 10.1. The van der Waals surface area contributed by atoms with Gasteiger partial charge in [0.25, 0.3) is 0 Å². The average Bonchev–Trinajstić information content (AvgIpc) is 3.10. The van der Waals surface area contributed by atoms with Crippen molar-refractivity contribution in [1.82, 2.24) is 15.0 Å². The SMILES string of the molecule is FC(F)(F)c1ccccc1Cn1cc(C2CC2)nn1. The van der Waals surface area contributed by atoms with Gasteiger partial charge in [-0.05, 0) is 24.5 Å². The molecule has 1 fully saturated rings. The second-order valence-electron chi connectivity index (χ2n) is 4.77. The topological polar surface area (TPSA) is 30.7 Å². The summed E-state index contributed by atoms with van der Waals surface area (Å²) in [6.07, 6.45) is -0.406. The molecule has 0 radical (unpaired) electrons. The van der Waals surface area contributed by atoms with Crippen molar-refractivity contribution in [3.05, 3.63) is 47.3 Å². The molecule has 3 rings (SSSR count). The highest BCUT2D eigenvalue weighted by Gasteiger charge is 2.33. The molecule has 1 aromatic heterocycles. The third kappa shape index (κ3) is 2.62. The number of halogens is 3. The van der Waals surface area contributed by atoms with Gasteiger partial charge in [0.2, 0.25) is 0 Å². The number of nitrogens with zero attached hydrogens (tertiary/aromatic N) is 3. The van der Waals surface area contributed by atoms with Crippen LogP contribution < -0.4 is 0 Å². The maximum Gasteiger partial charge on any atom is 0.416 e. The second-order valence-corrected chi connectivity index (χ2v) is 4.77. The van der Waals surface area contributed by atoms with Crippen molar-refractivity contribution in [2.45, 2.75) is 31.5 Å². The highest BCUT2D eigenvalue weighted by atomic mass is 19.4. The van der Waals surface area contributed by atoms with E-state index in [9.17, 15) is 13.2 Å². The summed E-state index contributed by atoms with van der Waals surface area (Å²) in [4.78, 5) is 0. The summed E-state index contributed by atoms with van der Waals surface area (Å²) in [5, 5.41) is 7.89. The van der Waals surface area contributed by atoms with E-state index in [-0.39, 0.29) is 12.1 Å². The van der Waals surface area contributed by atoms with E-state index < -0.39 is 11.7 Å². The van der Waals surface area contributed by atoms with Crippen molar-refractivity contribution in [2.24, 2.45) is 0 Å². The van der Waals surface area contributed by atoms with Crippen LogP contribution in [0.3, 0.4) is 0 Å². The molecular formula is C13H12F3N3. The first-order valence-electron chi connectivity index (χ1n) is 6.09. The number of benzene rings is 1. The highest BCUT2D eigenvalue weighted by molar-refractivity contribution is 5.29. The summed E-state index contributed by atoms with van der Waals surface area (Å²) in [7, 11) is 0. The van der Waals surface area contributed by atoms with Gasteiger partial charge >= 0.3 is 6.18 Å². The van der Waals surface area contributed by atoms with Gasteiger partial charge in [-0.15, -0.1) is 5.10 Å². The predicted molar refractivity (Wildman–Crippen MR) is 62.5 cm³/mol. The number of alkyl halides is 3. The molecule has 2 aromatic rings. The van der Waals surface area contributed by atoms with E-state index in [0.29, 0.717) is 5.92 Å². The molecule has 0 N–H and O–H groups in total. The van der Waals surface area contributed by atoms with Crippen LogP contribution in [-0.4, -0.2) is 15.0 Å². The summed E-state index contributed by atoms with van der Waals surface area (Å²) in [5.41, 5.74) is 0.477. The maximum atomic E-state index is 12.8. The lowest BCUT2D eigenvalue weighted by Crippen LogP contribution is -2.11. The maximum absolute atomic E-state index is 12.8. The lowest BCUT2D eigenvalue weighted by atomic mass is 10.1. The molecule has 6 heteroatoms. The fraction of sp³-hybridized carbons (Fsp3) is 0.385. The van der Waals surface area contributed by atoms with Gasteiger partial charge in [-0.3, -0.25) is 0 Å². The first-order chi connectivity index (χ1) is 9.04. The zero-order valence-corrected chi connectivity index (χ0v) is 10.1. The van der Waals surface area contributed by atoms with Crippen LogP contribution in [0.1, 0.15) is 35.6 Å². The molecule has 0 atom stereocenters. The molecule has 1 heterocycles. The Kier molecular flexibility index (Phi) is 2.80. The lowest BCUT2D eigenvalue weighted by molar-refractivity contribution is -0.138. The van der Waals surface area contributed by atoms with E-state index in [1.54, 1.807) is 12.3 Å². The molecule has 1 aliphatic rings. The van der Waals surface area contributed by atoms with E-state index in [1.807, 2.05) is 0 Å². The van der Waals surface area contributed by atoms with Crippen LogP contribution in [-0.2, 0) is 12.7 Å². The van der Waals surface area contributed by atoms with E-state index in [0.717, 1.165) is 24.6 Å². The molecule has 1 aliphatic carbocycles. The minimum Gasteiger partial charge on any atom is -0.248 e. The summed E-state index contributed by atoms with van der Waals surface area (Å²) >= 11 is 0. The minimum atomic E-state index is -4.34.